The van der Waals surface area contributed by atoms with Gasteiger partial charge in [0.15, 0.2) is 0 Å². The van der Waals surface area contributed by atoms with Crippen LogP contribution in [0.4, 0.5) is 0 Å². The molecule has 0 amide bonds. The highest BCUT2D eigenvalue weighted by atomic mass is 16.5. The molecule has 0 unspecified atom stereocenters. The summed E-state index contributed by atoms with van der Waals surface area (Å²) in [5, 5.41) is 5.00. The monoisotopic (exact) mass is 320 g/mol. The van der Waals surface area contributed by atoms with Crippen LogP contribution in [0.3, 0.4) is 0 Å². The lowest BCUT2D eigenvalue weighted by atomic mass is 10.0. The number of aryl methyl sites for hydroxylation is 1. The maximum atomic E-state index is 5.60. The summed E-state index contributed by atoms with van der Waals surface area (Å²) in [4.78, 5) is 0. The zero-order chi connectivity index (χ0) is 16.8. The Kier molecular flexibility index (Phi) is 5.50. The first-order valence-corrected chi connectivity index (χ1v) is 8.70. The molecule has 124 valence electrons. The van der Waals surface area contributed by atoms with Crippen molar-refractivity contribution < 1.29 is 10.1 Å². The lowest BCUT2D eigenvalue weighted by molar-refractivity contribution is -0.701. The van der Waals surface area contributed by atoms with Crippen LogP contribution in [0.2, 0.25) is 0 Å². The second-order valence-corrected chi connectivity index (χ2v) is 6.41. The summed E-state index contributed by atoms with van der Waals surface area (Å²) in [7, 11) is 1.76. The van der Waals surface area contributed by atoms with E-state index in [0.717, 1.165) is 18.7 Å². The molecule has 0 aliphatic carbocycles. The van der Waals surface area contributed by atoms with Crippen molar-refractivity contribution in [3.8, 4) is 5.75 Å². The molecule has 0 bridgehead atoms. The van der Waals surface area contributed by atoms with Crippen LogP contribution < -0.4 is 10.1 Å². The van der Waals surface area contributed by atoms with Gasteiger partial charge in [-0.25, -0.2) is 0 Å². The van der Waals surface area contributed by atoms with Gasteiger partial charge in [-0.3, -0.25) is 0 Å². The van der Waals surface area contributed by atoms with Crippen LogP contribution in [0, 0.1) is 0 Å². The molecule has 3 aromatic carbocycles. The van der Waals surface area contributed by atoms with E-state index in [4.69, 9.17) is 4.74 Å². The molecule has 0 saturated heterocycles. The number of fused-ring (bicyclic) bond motifs is 1. The molecule has 2 heteroatoms. The Hall–Kier alpha value is -2.32. The fourth-order valence-corrected chi connectivity index (χ4v) is 3.19. The van der Waals surface area contributed by atoms with Gasteiger partial charge >= 0.3 is 0 Å². The van der Waals surface area contributed by atoms with Crippen LogP contribution >= 0.6 is 0 Å². The van der Waals surface area contributed by atoms with Crippen LogP contribution in [0.1, 0.15) is 24.5 Å². The highest BCUT2D eigenvalue weighted by Gasteiger charge is 2.12. The van der Waals surface area contributed by atoms with Crippen LogP contribution in [0.5, 0.6) is 5.75 Å². The van der Waals surface area contributed by atoms with E-state index in [-0.39, 0.29) is 0 Å². The molecular formula is C22H26NO+. The largest absolute Gasteiger partial charge is 0.496 e. The zero-order valence-electron chi connectivity index (χ0n) is 14.5. The third kappa shape index (κ3) is 3.95. The van der Waals surface area contributed by atoms with E-state index in [2.05, 4.69) is 79.0 Å². The normalized spacial score (nSPS) is 12.2. The Labute approximate surface area is 144 Å². The minimum Gasteiger partial charge on any atom is -0.496 e. The molecule has 2 N–H and O–H groups in total. The highest BCUT2D eigenvalue weighted by Crippen LogP contribution is 2.27. The molecule has 0 saturated carbocycles. The average molecular weight is 320 g/mol. The summed E-state index contributed by atoms with van der Waals surface area (Å²) in [6.07, 6.45) is 2.31. The first kappa shape index (κ1) is 16.5. The third-order valence-electron chi connectivity index (χ3n) is 4.67. The van der Waals surface area contributed by atoms with Crippen molar-refractivity contribution in [3.63, 3.8) is 0 Å². The fraction of sp³-hybridized carbons (Fsp3) is 0.273. The van der Waals surface area contributed by atoms with Gasteiger partial charge in [0, 0.05) is 6.42 Å². The maximum absolute atomic E-state index is 5.60. The number of hydrogen-bond donors (Lipinski definition) is 1. The topological polar surface area (TPSA) is 25.8 Å². The van der Waals surface area contributed by atoms with Crippen LogP contribution in [0.25, 0.3) is 10.8 Å². The predicted molar refractivity (Wildman–Crippen MR) is 100 cm³/mol. The van der Waals surface area contributed by atoms with E-state index in [1.165, 1.54) is 28.3 Å². The van der Waals surface area contributed by atoms with Crippen molar-refractivity contribution in [2.45, 2.75) is 32.4 Å². The van der Waals surface area contributed by atoms with Crippen molar-refractivity contribution >= 4 is 10.8 Å². The van der Waals surface area contributed by atoms with E-state index >= 15 is 0 Å². The summed E-state index contributed by atoms with van der Waals surface area (Å²) in [5.41, 5.74) is 2.71. The standard InChI is InChI=1S/C22H25NO/c1-17(12-13-18-8-4-3-5-9-18)23-16-21-20-11-7-6-10-19(20)14-15-22(21)24-2/h3-11,14-15,17,23H,12-13,16H2,1-2H3/p+1/t17-/m0/s1. The molecule has 0 radical (unpaired) electrons. The maximum Gasteiger partial charge on any atom is 0.128 e. The number of quaternary nitrogens is 1. The van der Waals surface area contributed by atoms with Gasteiger partial charge in [-0.2, -0.15) is 0 Å². The van der Waals surface area contributed by atoms with Crippen molar-refractivity contribution in [3.05, 3.63) is 77.9 Å². The minimum atomic E-state index is 0.578. The fourth-order valence-electron chi connectivity index (χ4n) is 3.19. The molecule has 3 rings (SSSR count). The Morgan fingerprint density at radius 2 is 1.67 bits per heavy atom. The van der Waals surface area contributed by atoms with Crippen molar-refractivity contribution in [1.29, 1.82) is 0 Å². The number of rotatable bonds is 7. The summed E-state index contributed by atoms with van der Waals surface area (Å²) in [6, 6.07) is 24.1. The number of benzene rings is 3. The summed E-state index contributed by atoms with van der Waals surface area (Å²) < 4.78 is 5.60. The lowest BCUT2D eigenvalue weighted by Gasteiger charge is -2.15. The van der Waals surface area contributed by atoms with E-state index < -0.39 is 0 Å². The molecule has 0 aliphatic rings. The molecule has 0 aromatic heterocycles. The second kappa shape index (κ2) is 7.98. The smallest absolute Gasteiger partial charge is 0.128 e. The first-order chi connectivity index (χ1) is 11.8. The van der Waals surface area contributed by atoms with Crippen LogP contribution in [-0.4, -0.2) is 13.2 Å². The van der Waals surface area contributed by atoms with Gasteiger partial charge in [0.25, 0.3) is 0 Å². The van der Waals surface area contributed by atoms with Gasteiger partial charge in [0.2, 0.25) is 0 Å². The minimum absolute atomic E-state index is 0.578. The highest BCUT2D eigenvalue weighted by molar-refractivity contribution is 5.87. The van der Waals surface area contributed by atoms with Crippen molar-refractivity contribution in [2.75, 3.05) is 7.11 Å². The van der Waals surface area contributed by atoms with E-state index in [1.54, 1.807) is 7.11 Å². The molecule has 24 heavy (non-hydrogen) atoms. The molecular weight excluding hydrogens is 294 g/mol. The van der Waals surface area contributed by atoms with Crippen molar-refractivity contribution in [1.82, 2.24) is 0 Å². The lowest BCUT2D eigenvalue weighted by Crippen LogP contribution is -2.87. The van der Waals surface area contributed by atoms with E-state index in [9.17, 15) is 0 Å². The molecule has 0 aliphatic heterocycles. The third-order valence-corrected chi connectivity index (χ3v) is 4.67. The SMILES string of the molecule is COc1ccc2ccccc2c1C[NH2+][C@@H](C)CCc1ccccc1. The van der Waals surface area contributed by atoms with Gasteiger partial charge in [-0.05, 0) is 35.7 Å². The Morgan fingerprint density at radius 3 is 2.46 bits per heavy atom. The number of hydrogen-bond acceptors (Lipinski definition) is 1. The first-order valence-electron chi connectivity index (χ1n) is 8.70. The summed E-state index contributed by atoms with van der Waals surface area (Å²) in [6.45, 7) is 3.25. The molecule has 1 atom stereocenters. The van der Waals surface area contributed by atoms with Gasteiger partial charge in [0.1, 0.15) is 12.3 Å². The second-order valence-electron chi connectivity index (χ2n) is 6.41. The molecule has 0 spiro atoms. The van der Waals surface area contributed by atoms with Crippen molar-refractivity contribution in [2.24, 2.45) is 0 Å². The van der Waals surface area contributed by atoms with Crippen LogP contribution in [0.15, 0.2) is 66.7 Å². The molecule has 3 aromatic rings. The Morgan fingerprint density at radius 1 is 0.917 bits per heavy atom. The average Bonchev–Trinajstić information content (AvgIpc) is 2.65. The molecule has 0 heterocycles. The van der Waals surface area contributed by atoms with E-state index in [0.29, 0.717) is 6.04 Å². The number of methoxy groups -OCH3 is 1. The number of ether oxygens (including phenoxy) is 1. The van der Waals surface area contributed by atoms with Gasteiger partial charge in [0.05, 0.1) is 18.7 Å². The van der Waals surface area contributed by atoms with E-state index in [1.807, 2.05) is 0 Å². The summed E-state index contributed by atoms with van der Waals surface area (Å²) in [5.74, 6) is 0.986. The summed E-state index contributed by atoms with van der Waals surface area (Å²) >= 11 is 0. The molecule has 0 fully saturated rings. The van der Waals surface area contributed by atoms with Gasteiger partial charge in [-0.15, -0.1) is 0 Å². The van der Waals surface area contributed by atoms with Crippen LogP contribution in [-0.2, 0) is 13.0 Å². The van der Waals surface area contributed by atoms with Gasteiger partial charge < -0.3 is 10.1 Å². The zero-order valence-corrected chi connectivity index (χ0v) is 14.5. The number of nitrogens with two attached hydrogens (primary N) is 1. The Bertz CT molecular complexity index is 782. The quantitative estimate of drug-likeness (QED) is 0.701. The molecule has 2 nitrogen and oxygen atoms in total. The Balaban J connectivity index is 1.66. The van der Waals surface area contributed by atoms with Gasteiger partial charge in [-0.1, -0.05) is 60.7 Å². The predicted octanol–water partition coefficient (Wildman–Crippen LogP) is 3.93.